The van der Waals surface area contributed by atoms with Crippen LogP contribution in [0.2, 0.25) is 10.0 Å². The largest absolute Gasteiger partial charge is 0.493 e. The van der Waals surface area contributed by atoms with Crippen LogP contribution in [0.15, 0.2) is 23.0 Å². The first kappa shape index (κ1) is 12.0. The third-order valence-corrected chi connectivity index (χ3v) is 2.86. The topological polar surface area (TPSA) is 66.0 Å². The number of hydrogen-bond donors (Lipinski definition) is 2. The molecule has 6 heteroatoms. The summed E-state index contributed by atoms with van der Waals surface area (Å²) in [5.74, 6) is -0.102. The maximum atomic E-state index is 11.5. The molecule has 88 valence electrons. The fraction of sp³-hybridized carbons (Fsp3) is 0.0909. The Morgan fingerprint density at radius 1 is 1.35 bits per heavy atom. The fourth-order valence-electron chi connectivity index (χ4n) is 1.33. The molecule has 0 fully saturated rings. The zero-order valence-corrected chi connectivity index (χ0v) is 10.3. The lowest BCUT2D eigenvalue weighted by Crippen LogP contribution is -2.12. The van der Waals surface area contributed by atoms with Gasteiger partial charge in [0.15, 0.2) is 0 Å². The highest BCUT2D eigenvalue weighted by molar-refractivity contribution is 6.36. The Morgan fingerprint density at radius 3 is 2.65 bits per heavy atom. The zero-order valence-electron chi connectivity index (χ0n) is 8.79. The quantitative estimate of drug-likeness (QED) is 0.838. The minimum atomic E-state index is -0.404. The molecule has 0 aliphatic rings. The Labute approximate surface area is 107 Å². The van der Waals surface area contributed by atoms with E-state index in [0.717, 1.165) is 0 Å². The molecular weight excluding hydrogens is 263 g/mol. The average Bonchev–Trinajstić information content (AvgIpc) is 2.25. The van der Waals surface area contributed by atoms with E-state index in [1.807, 2.05) is 0 Å². The minimum Gasteiger partial charge on any atom is -0.493 e. The van der Waals surface area contributed by atoms with Gasteiger partial charge in [-0.05, 0) is 25.1 Å². The van der Waals surface area contributed by atoms with Gasteiger partial charge in [-0.1, -0.05) is 23.2 Å². The van der Waals surface area contributed by atoms with E-state index in [9.17, 15) is 9.90 Å². The van der Waals surface area contributed by atoms with Crippen molar-refractivity contribution in [3.05, 3.63) is 44.2 Å². The average molecular weight is 271 g/mol. The summed E-state index contributed by atoms with van der Waals surface area (Å²) in [7, 11) is 0. The normalized spacial score (nSPS) is 10.5. The molecule has 0 aliphatic heterocycles. The monoisotopic (exact) mass is 270 g/mol. The summed E-state index contributed by atoms with van der Waals surface area (Å²) in [6, 6.07) is 4.78. The lowest BCUT2D eigenvalue weighted by atomic mass is 10.2. The van der Waals surface area contributed by atoms with E-state index >= 15 is 0 Å². The molecule has 0 saturated heterocycles. The van der Waals surface area contributed by atoms with Crippen LogP contribution in [-0.4, -0.2) is 15.1 Å². The number of aromatic amines is 1. The van der Waals surface area contributed by atoms with E-state index in [0.29, 0.717) is 15.6 Å². The molecule has 2 rings (SSSR count). The second kappa shape index (κ2) is 4.39. The van der Waals surface area contributed by atoms with Crippen LogP contribution in [0.1, 0.15) is 5.56 Å². The first-order valence-electron chi connectivity index (χ1n) is 4.74. The summed E-state index contributed by atoms with van der Waals surface area (Å²) in [5, 5.41) is 10.3. The van der Waals surface area contributed by atoms with Crippen LogP contribution in [0.25, 0.3) is 11.4 Å². The molecule has 0 unspecified atom stereocenters. The van der Waals surface area contributed by atoms with Crippen molar-refractivity contribution in [1.82, 2.24) is 9.97 Å². The molecule has 0 atom stereocenters. The molecule has 2 aromatic rings. The third kappa shape index (κ3) is 2.28. The summed E-state index contributed by atoms with van der Waals surface area (Å²) < 4.78 is 0. The highest BCUT2D eigenvalue weighted by Gasteiger charge is 2.10. The number of aromatic nitrogens is 2. The van der Waals surface area contributed by atoms with E-state index in [-0.39, 0.29) is 17.3 Å². The van der Waals surface area contributed by atoms with Crippen molar-refractivity contribution >= 4 is 23.2 Å². The van der Waals surface area contributed by atoms with E-state index in [1.165, 1.54) is 13.0 Å². The lowest BCUT2D eigenvalue weighted by Gasteiger charge is -2.05. The van der Waals surface area contributed by atoms with Gasteiger partial charge in [0.1, 0.15) is 5.82 Å². The van der Waals surface area contributed by atoms with Crippen LogP contribution < -0.4 is 5.56 Å². The first-order valence-corrected chi connectivity index (χ1v) is 5.50. The highest BCUT2D eigenvalue weighted by Crippen LogP contribution is 2.28. The molecule has 0 radical (unpaired) electrons. The maximum Gasteiger partial charge on any atom is 0.257 e. The summed E-state index contributed by atoms with van der Waals surface area (Å²) >= 11 is 11.7. The second-order valence-electron chi connectivity index (χ2n) is 3.49. The molecule has 0 bridgehead atoms. The number of H-pyrrole nitrogens is 1. The predicted octanol–water partition coefficient (Wildman–Crippen LogP) is 2.76. The first-order chi connectivity index (χ1) is 7.99. The molecule has 1 heterocycles. The van der Waals surface area contributed by atoms with Crippen LogP contribution in [-0.2, 0) is 0 Å². The Hall–Kier alpha value is -1.52. The number of benzene rings is 1. The van der Waals surface area contributed by atoms with E-state index in [4.69, 9.17) is 23.2 Å². The molecule has 1 aromatic heterocycles. The van der Waals surface area contributed by atoms with Crippen LogP contribution in [0.3, 0.4) is 0 Å². The van der Waals surface area contributed by atoms with E-state index in [2.05, 4.69) is 9.97 Å². The van der Waals surface area contributed by atoms with Crippen molar-refractivity contribution in [2.75, 3.05) is 0 Å². The molecular formula is C11H8Cl2N2O2. The Morgan fingerprint density at radius 2 is 2.06 bits per heavy atom. The maximum absolute atomic E-state index is 11.5. The molecule has 0 amide bonds. The summed E-state index contributed by atoms with van der Waals surface area (Å²) in [5.41, 5.74) is 0.265. The van der Waals surface area contributed by atoms with Crippen molar-refractivity contribution in [2.24, 2.45) is 0 Å². The SMILES string of the molecule is Cc1c(O)nc(-c2ccc(Cl)cc2Cl)[nH]c1=O. The van der Waals surface area contributed by atoms with Gasteiger partial charge >= 0.3 is 0 Å². The van der Waals surface area contributed by atoms with E-state index in [1.54, 1.807) is 12.1 Å². The molecule has 0 spiro atoms. The van der Waals surface area contributed by atoms with Crippen LogP contribution in [0.5, 0.6) is 5.88 Å². The van der Waals surface area contributed by atoms with Crippen molar-refractivity contribution in [1.29, 1.82) is 0 Å². The number of aromatic hydroxyl groups is 1. The number of hydrogen-bond acceptors (Lipinski definition) is 3. The molecule has 0 saturated carbocycles. The third-order valence-electron chi connectivity index (χ3n) is 2.31. The van der Waals surface area contributed by atoms with Crippen molar-refractivity contribution < 1.29 is 5.11 Å². The minimum absolute atomic E-state index is 0.166. The fourth-order valence-corrected chi connectivity index (χ4v) is 1.83. The molecule has 4 nitrogen and oxygen atoms in total. The Bertz CT molecular complexity index is 638. The van der Waals surface area contributed by atoms with Crippen molar-refractivity contribution in [3.63, 3.8) is 0 Å². The number of nitrogens with zero attached hydrogens (tertiary/aromatic N) is 1. The number of nitrogens with one attached hydrogen (secondary N) is 1. The van der Waals surface area contributed by atoms with Gasteiger partial charge in [0.05, 0.1) is 10.6 Å². The summed E-state index contributed by atoms with van der Waals surface area (Å²) in [6.07, 6.45) is 0. The van der Waals surface area contributed by atoms with Crippen LogP contribution in [0, 0.1) is 6.92 Å². The van der Waals surface area contributed by atoms with Crippen molar-refractivity contribution in [3.8, 4) is 17.3 Å². The predicted molar refractivity (Wildman–Crippen MR) is 66.7 cm³/mol. The molecule has 0 aliphatic carbocycles. The Kier molecular flexibility index (Phi) is 3.09. The number of rotatable bonds is 1. The Balaban J connectivity index is 2.65. The van der Waals surface area contributed by atoms with Gasteiger partial charge < -0.3 is 10.1 Å². The van der Waals surface area contributed by atoms with Crippen molar-refractivity contribution in [2.45, 2.75) is 6.92 Å². The van der Waals surface area contributed by atoms with Gasteiger partial charge in [-0.2, -0.15) is 4.98 Å². The second-order valence-corrected chi connectivity index (χ2v) is 4.33. The smallest absolute Gasteiger partial charge is 0.257 e. The zero-order chi connectivity index (χ0) is 12.6. The van der Waals surface area contributed by atoms with Gasteiger partial charge in [-0.15, -0.1) is 0 Å². The number of halogens is 2. The molecule has 1 aromatic carbocycles. The van der Waals surface area contributed by atoms with Gasteiger partial charge in [0.2, 0.25) is 5.88 Å². The van der Waals surface area contributed by atoms with Gasteiger partial charge in [-0.3, -0.25) is 4.79 Å². The highest BCUT2D eigenvalue weighted by atomic mass is 35.5. The van der Waals surface area contributed by atoms with Gasteiger partial charge in [0.25, 0.3) is 5.56 Å². The standard InChI is InChI=1S/C11H8Cl2N2O2/c1-5-10(16)14-9(15-11(5)17)7-3-2-6(12)4-8(7)13/h2-4H,1H3,(H2,14,15,16,17). The van der Waals surface area contributed by atoms with Gasteiger partial charge in [-0.25, -0.2) is 0 Å². The molecule has 17 heavy (non-hydrogen) atoms. The summed E-state index contributed by atoms with van der Waals surface area (Å²) in [6.45, 7) is 1.48. The van der Waals surface area contributed by atoms with Gasteiger partial charge in [0, 0.05) is 10.6 Å². The van der Waals surface area contributed by atoms with E-state index < -0.39 is 5.56 Å². The van der Waals surface area contributed by atoms with Crippen LogP contribution in [0.4, 0.5) is 0 Å². The summed E-state index contributed by atoms with van der Waals surface area (Å²) in [4.78, 5) is 17.9. The lowest BCUT2D eigenvalue weighted by molar-refractivity contribution is 0.447. The van der Waals surface area contributed by atoms with Crippen LogP contribution >= 0.6 is 23.2 Å². The molecule has 2 N–H and O–H groups in total.